The Balaban J connectivity index is 2.30. The van der Waals surface area contributed by atoms with Crippen molar-refractivity contribution in [1.29, 1.82) is 5.26 Å². The summed E-state index contributed by atoms with van der Waals surface area (Å²) >= 11 is 0. The third-order valence-electron chi connectivity index (χ3n) is 7.80. The summed E-state index contributed by atoms with van der Waals surface area (Å²) in [6.07, 6.45) is 7.33. The number of cyclic esters (lactones) is 1. The van der Waals surface area contributed by atoms with E-state index in [2.05, 4.69) is 19.9 Å². The zero-order chi connectivity index (χ0) is 26.1. The van der Waals surface area contributed by atoms with Gasteiger partial charge in [-0.1, -0.05) is 46.3 Å². The molecule has 1 fully saturated rings. The first-order valence-electron chi connectivity index (χ1n) is 13.1. The lowest BCUT2D eigenvalue weighted by molar-refractivity contribution is -0.159. The summed E-state index contributed by atoms with van der Waals surface area (Å²) in [6, 6.07) is 2.10. The Kier molecular flexibility index (Phi) is 11.5. The van der Waals surface area contributed by atoms with Gasteiger partial charge in [-0.25, -0.2) is 0 Å². The fourth-order valence-electron chi connectivity index (χ4n) is 5.97. The van der Waals surface area contributed by atoms with Crippen LogP contribution in [0.3, 0.4) is 0 Å². The van der Waals surface area contributed by atoms with Crippen molar-refractivity contribution in [1.82, 2.24) is 0 Å². The molecule has 9 atom stereocenters. The molecule has 1 saturated carbocycles. The highest BCUT2D eigenvalue weighted by atomic mass is 16.5. The summed E-state index contributed by atoms with van der Waals surface area (Å²) in [7, 11) is 0. The van der Waals surface area contributed by atoms with Gasteiger partial charge in [-0.2, -0.15) is 5.26 Å². The maximum absolute atomic E-state index is 12.7. The van der Waals surface area contributed by atoms with Gasteiger partial charge in [0.2, 0.25) is 0 Å². The number of esters is 1. The fourth-order valence-corrected chi connectivity index (χ4v) is 5.97. The molecule has 3 N–H and O–H groups in total. The number of aliphatic hydroxyl groups is 2. The van der Waals surface area contributed by atoms with Gasteiger partial charge < -0.3 is 20.1 Å². The summed E-state index contributed by atoms with van der Waals surface area (Å²) in [4.78, 5) is 24.5. The monoisotopic (exact) mass is 489 g/mol. The van der Waals surface area contributed by atoms with Crippen LogP contribution in [-0.4, -0.2) is 45.6 Å². The van der Waals surface area contributed by atoms with Crippen molar-refractivity contribution in [2.75, 3.05) is 0 Å². The van der Waals surface area contributed by atoms with Crippen molar-refractivity contribution in [3.8, 4) is 6.07 Å². The molecule has 0 saturated heterocycles. The third-order valence-corrected chi connectivity index (χ3v) is 7.80. The van der Waals surface area contributed by atoms with Gasteiger partial charge in [0.05, 0.1) is 36.2 Å². The molecule has 1 aliphatic carbocycles. The van der Waals surface area contributed by atoms with Crippen LogP contribution in [0.4, 0.5) is 0 Å². The Labute approximate surface area is 209 Å². The van der Waals surface area contributed by atoms with Crippen LogP contribution in [0.25, 0.3) is 0 Å². The number of hydrogen-bond acceptors (Lipinski definition) is 6. The number of allylic oxidation sites excluding steroid dienone is 2. The molecule has 7 heteroatoms. The lowest BCUT2D eigenvalue weighted by atomic mass is 9.82. The molecule has 2 rings (SSSR count). The average Bonchev–Trinajstić information content (AvgIpc) is 3.27. The molecule has 0 aromatic heterocycles. The van der Waals surface area contributed by atoms with Gasteiger partial charge in [-0.15, -0.1) is 0 Å². The number of carboxylic acid groups (broad SMARTS) is 1. The summed E-state index contributed by atoms with van der Waals surface area (Å²) in [6.45, 7) is 8.16. The van der Waals surface area contributed by atoms with Gasteiger partial charge in [0.25, 0.3) is 0 Å². The predicted molar refractivity (Wildman–Crippen MR) is 133 cm³/mol. The van der Waals surface area contributed by atoms with E-state index in [1.165, 1.54) is 0 Å². The molecule has 0 unspecified atom stereocenters. The number of nitriles is 1. The van der Waals surface area contributed by atoms with Gasteiger partial charge in [-0.3, -0.25) is 9.59 Å². The van der Waals surface area contributed by atoms with Gasteiger partial charge in [0.1, 0.15) is 6.10 Å². The van der Waals surface area contributed by atoms with E-state index in [1.54, 1.807) is 18.2 Å². The second-order valence-electron chi connectivity index (χ2n) is 11.1. The molecule has 2 aliphatic rings. The molecule has 0 amide bonds. The van der Waals surface area contributed by atoms with Gasteiger partial charge in [0, 0.05) is 12.3 Å². The maximum atomic E-state index is 12.7. The number of carbonyl (C=O) groups excluding carboxylic acids is 1. The summed E-state index contributed by atoms with van der Waals surface area (Å²) in [5.41, 5.74) is 0.282. The van der Waals surface area contributed by atoms with Crippen LogP contribution >= 0.6 is 0 Å². The number of carboxylic acids is 1. The number of nitrogens with zero attached hydrogens (tertiary/aromatic N) is 1. The van der Waals surface area contributed by atoms with E-state index >= 15 is 0 Å². The second-order valence-corrected chi connectivity index (χ2v) is 11.1. The molecule has 1 heterocycles. The molecule has 0 aromatic carbocycles. The van der Waals surface area contributed by atoms with Gasteiger partial charge in [-0.05, 0) is 61.9 Å². The highest BCUT2D eigenvalue weighted by Crippen LogP contribution is 2.37. The van der Waals surface area contributed by atoms with E-state index in [4.69, 9.17) is 4.74 Å². The lowest BCUT2D eigenvalue weighted by Crippen LogP contribution is -2.34. The van der Waals surface area contributed by atoms with Crippen molar-refractivity contribution in [3.63, 3.8) is 0 Å². The van der Waals surface area contributed by atoms with E-state index in [-0.39, 0.29) is 29.7 Å². The predicted octanol–water partition coefficient (Wildman–Crippen LogP) is 4.64. The molecule has 0 spiro atoms. The zero-order valence-electron chi connectivity index (χ0n) is 21.6. The van der Waals surface area contributed by atoms with Crippen molar-refractivity contribution in [2.24, 2.45) is 35.5 Å². The van der Waals surface area contributed by atoms with Crippen LogP contribution < -0.4 is 0 Å². The Morgan fingerprint density at radius 2 is 1.71 bits per heavy atom. The third kappa shape index (κ3) is 8.77. The molecule has 0 aromatic rings. The van der Waals surface area contributed by atoms with Crippen LogP contribution in [0.1, 0.15) is 79.1 Å². The van der Waals surface area contributed by atoms with Crippen molar-refractivity contribution in [3.05, 3.63) is 23.8 Å². The van der Waals surface area contributed by atoms with Crippen LogP contribution in [0, 0.1) is 46.8 Å². The van der Waals surface area contributed by atoms with Crippen LogP contribution in [0.2, 0.25) is 0 Å². The Bertz CT molecular complexity index is 815. The highest BCUT2D eigenvalue weighted by molar-refractivity contribution is 5.72. The molecule has 1 aliphatic heterocycles. The first-order chi connectivity index (χ1) is 16.5. The maximum Gasteiger partial charge on any atom is 0.308 e. The van der Waals surface area contributed by atoms with E-state index in [0.717, 1.165) is 25.7 Å². The summed E-state index contributed by atoms with van der Waals surface area (Å²) < 4.78 is 5.77. The molecular weight excluding hydrogens is 446 g/mol. The molecule has 0 radical (unpaired) electrons. The number of aliphatic carboxylic acids is 1. The minimum Gasteiger partial charge on any atom is -0.481 e. The molecular formula is C28H43NO6. The lowest BCUT2D eigenvalue weighted by Gasteiger charge is -2.28. The topological polar surface area (TPSA) is 128 Å². The van der Waals surface area contributed by atoms with E-state index in [0.29, 0.717) is 31.1 Å². The van der Waals surface area contributed by atoms with E-state index in [1.807, 2.05) is 13.8 Å². The second kappa shape index (κ2) is 13.8. The minimum atomic E-state index is -0.882. The average molecular weight is 490 g/mol. The first kappa shape index (κ1) is 29.1. The normalized spacial score (nSPS) is 40.9. The summed E-state index contributed by atoms with van der Waals surface area (Å²) in [5.74, 6) is -1.77. The standard InChI is InChI=1S/C28H43NO6/c1-17-12-18(2)14-20(4)27(32)21(16-29)8-5-6-11-25(22-9-7-10-23(22)28(33)34)35-26(31)15-24(30)19(3)13-17/h5-6,8,17-20,22-25,27,30,32H,7,9-15H2,1-4H3,(H,33,34)/b6-5-,21-8-/t17-,18+,19-,20-,22+,23+,24-,25-,27-/m0/s1. The van der Waals surface area contributed by atoms with Gasteiger partial charge in [0.15, 0.2) is 0 Å². The Morgan fingerprint density at radius 3 is 2.34 bits per heavy atom. The van der Waals surface area contributed by atoms with E-state index in [9.17, 15) is 30.2 Å². The van der Waals surface area contributed by atoms with Crippen LogP contribution in [0.5, 0.6) is 0 Å². The van der Waals surface area contributed by atoms with Gasteiger partial charge >= 0.3 is 11.9 Å². The largest absolute Gasteiger partial charge is 0.481 e. The van der Waals surface area contributed by atoms with E-state index < -0.39 is 36.2 Å². The Hall–Kier alpha value is -2.17. The van der Waals surface area contributed by atoms with Crippen LogP contribution in [-0.2, 0) is 14.3 Å². The zero-order valence-corrected chi connectivity index (χ0v) is 21.6. The number of ether oxygens (including phenoxy) is 1. The van der Waals surface area contributed by atoms with Crippen molar-refractivity contribution < 1.29 is 29.6 Å². The fraction of sp³-hybridized carbons (Fsp3) is 0.750. The molecule has 0 bridgehead atoms. The smallest absolute Gasteiger partial charge is 0.308 e. The van der Waals surface area contributed by atoms with Crippen LogP contribution in [0.15, 0.2) is 23.8 Å². The first-order valence-corrected chi connectivity index (χ1v) is 13.1. The Morgan fingerprint density at radius 1 is 1.06 bits per heavy atom. The summed E-state index contributed by atoms with van der Waals surface area (Å²) in [5, 5.41) is 40.6. The number of hydrogen-bond donors (Lipinski definition) is 3. The number of carbonyl (C=O) groups is 2. The van der Waals surface area contributed by atoms with Crippen molar-refractivity contribution >= 4 is 11.9 Å². The molecule has 35 heavy (non-hydrogen) atoms. The minimum absolute atomic E-state index is 0.0816. The SMILES string of the molecule is C[C@@H]1C[C@H](C)C[C@H](C)[C@@H](O)CC(=O)O[C@H]([C@@H]2CCC[C@H]2C(=O)O)C/C=C\C=C(\C#N)[C@@H](O)[C@@H](C)C1. The molecule has 196 valence electrons. The quantitative estimate of drug-likeness (QED) is 0.482. The highest BCUT2D eigenvalue weighted by Gasteiger charge is 2.39. The van der Waals surface area contributed by atoms with Crippen molar-refractivity contribution in [2.45, 2.75) is 97.4 Å². The number of aliphatic hydroxyl groups excluding tert-OH is 2. The number of rotatable bonds is 2. The molecule has 7 nitrogen and oxygen atoms in total.